The maximum Gasteiger partial charge on any atom is 0.303 e. The van der Waals surface area contributed by atoms with Gasteiger partial charge in [0.1, 0.15) is 5.82 Å². The molecule has 1 aliphatic rings. The monoisotopic (exact) mass is 436 g/mol. The van der Waals surface area contributed by atoms with Crippen LogP contribution in [0.3, 0.4) is 0 Å². The zero-order valence-corrected chi connectivity index (χ0v) is 17.5. The Kier molecular flexibility index (Phi) is 9.08. The van der Waals surface area contributed by atoms with Crippen LogP contribution in [0, 0.1) is 5.82 Å². The van der Waals surface area contributed by atoms with Crippen LogP contribution >= 0.6 is 11.6 Å². The Balaban J connectivity index is 0.000000343. The summed E-state index contributed by atoms with van der Waals surface area (Å²) in [6, 6.07) is 10.8. The summed E-state index contributed by atoms with van der Waals surface area (Å²) in [7, 11) is 0. The number of carboxylic acid groups (broad SMARTS) is 2. The molecule has 2 aromatic rings. The van der Waals surface area contributed by atoms with E-state index in [1.54, 1.807) is 0 Å². The summed E-state index contributed by atoms with van der Waals surface area (Å²) < 4.78 is 13.1. The van der Waals surface area contributed by atoms with Crippen molar-refractivity contribution in [3.05, 3.63) is 63.9 Å². The average Bonchev–Trinajstić information content (AvgIpc) is 2.95. The van der Waals surface area contributed by atoms with Crippen LogP contribution in [0.15, 0.2) is 36.4 Å². The van der Waals surface area contributed by atoms with Crippen LogP contribution < -0.4 is 10.6 Å². The molecule has 4 N–H and O–H groups in total. The number of hydrogen-bond donors (Lipinski definition) is 4. The Bertz CT molecular complexity index is 860. The summed E-state index contributed by atoms with van der Waals surface area (Å²) in [4.78, 5) is 19.3. The minimum Gasteiger partial charge on any atom is -0.481 e. The average molecular weight is 437 g/mol. The molecular formula is C22H26ClFN2O4. The standard InChI is InChI=1S/C18H20ClFN2.C4H6O4/c1-12(13-2-5-15(20)6-3-13)22-18-16-9-11-21-10-8-14(16)4-7-17(18)19;5-3(6)1-2-4(7)8/h2-7,12,21-22H,8-11H2,1H3;1-2H2,(H,5,6)(H,7,8). The van der Waals surface area contributed by atoms with E-state index in [1.807, 2.05) is 18.2 Å². The van der Waals surface area contributed by atoms with Crippen LogP contribution in [-0.4, -0.2) is 35.2 Å². The minimum atomic E-state index is -1.08. The maximum atomic E-state index is 13.1. The van der Waals surface area contributed by atoms with E-state index in [0.29, 0.717) is 0 Å². The molecule has 0 saturated carbocycles. The lowest BCUT2D eigenvalue weighted by Gasteiger charge is -2.21. The van der Waals surface area contributed by atoms with Gasteiger partial charge in [-0.2, -0.15) is 0 Å². The van der Waals surface area contributed by atoms with Gasteiger partial charge >= 0.3 is 11.9 Å². The first-order valence-corrected chi connectivity index (χ1v) is 10.1. The fraction of sp³-hybridized carbons (Fsp3) is 0.364. The molecule has 0 aliphatic carbocycles. The first kappa shape index (κ1) is 23.6. The van der Waals surface area contributed by atoms with Crippen LogP contribution in [0.25, 0.3) is 0 Å². The number of rotatable bonds is 6. The van der Waals surface area contributed by atoms with Crippen LogP contribution in [0.5, 0.6) is 0 Å². The molecule has 0 bridgehead atoms. The second-order valence-electron chi connectivity index (χ2n) is 7.02. The third-order valence-corrected chi connectivity index (χ3v) is 5.08. The quantitative estimate of drug-likeness (QED) is 0.539. The highest BCUT2D eigenvalue weighted by molar-refractivity contribution is 6.33. The molecule has 1 atom stereocenters. The van der Waals surface area contributed by atoms with Crippen LogP contribution in [0.4, 0.5) is 10.1 Å². The molecule has 0 spiro atoms. The summed E-state index contributed by atoms with van der Waals surface area (Å²) in [5, 5.41) is 23.5. The third-order valence-electron chi connectivity index (χ3n) is 4.77. The van der Waals surface area contributed by atoms with Crippen molar-refractivity contribution in [1.82, 2.24) is 5.32 Å². The fourth-order valence-electron chi connectivity index (χ4n) is 3.16. The summed E-state index contributed by atoms with van der Waals surface area (Å²) in [5.41, 5.74) is 4.70. The van der Waals surface area contributed by atoms with E-state index < -0.39 is 11.9 Å². The highest BCUT2D eigenvalue weighted by atomic mass is 35.5. The van der Waals surface area contributed by atoms with Gasteiger partial charge in [0.05, 0.1) is 23.6 Å². The highest BCUT2D eigenvalue weighted by Gasteiger charge is 2.17. The molecule has 1 heterocycles. The van der Waals surface area contributed by atoms with Gasteiger partial charge in [-0.05, 0) is 67.7 Å². The van der Waals surface area contributed by atoms with Crippen molar-refractivity contribution < 1.29 is 24.2 Å². The van der Waals surface area contributed by atoms with Crippen molar-refractivity contribution in [2.24, 2.45) is 0 Å². The molecule has 162 valence electrons. The fourth-order valence-corrected chi connectivity index (χ4v) is 3.40. The molecule has 2 aromatic carbocycles. The van der Waals surface area contributed by atoms with Crippen molar-refractivity contribution in [2.75, 3.05) is 18.4 Å². The van der Waals surface area contributed by atoms with Gasteiger partial charge in [0, 0.05) is 6.04 Å². The Hall–Kier alpha value is -2.64. The van der Waals surface area contributed by atoms with Crippen LogP contribution in [-0.2, 0) is 22.4 Å². The van der Waals surface area contributed by atoms with Gasteiger partial charge in [0.15, 0.2) is 0 Å². The normalized spacial score (nSPS) is 13.8. The summed E-state index contributed by atoms with van der Waals surface area (Å²) >= 11 is 6.43. The zero-order valence-electron chi connectivity index (χ0n) is 16.8. The molecule has 6 nitrogen and oxygen atoms in total. The van der Waals surface area contributed by atoms with Crippen molar-refractivity contribution in [3.8, 4) is 0 Å². The third kappa shape index (κ3) is 7.31. The second kappa shape index (κ2) is 11.5. The van der Waals surface area contributed by atoms with E-state index in [9.17, 15) is 14.0 Å². The molecule has 3 rings (SSSR count). The lowest BCUT2D eigenvalue weighted by molar-refractivity contribution is -0.143. The molecule has 30 heavy (non-hydrogen) atoms. The van der Waals surface area contributed by atoms with Gasteiger partial charge in [-0.25, -0.2) is 4.39 Å². The lowest BCUT2D eigenvalue weighted by atomic mass is 9.99. The Morgan fingerprint density at radius 2 is 1.67 bits per heavy atom. The molecule has 1 unspecified atom stereocenters. The first-order valence-electron chi connectivity index (χ1n) is 9.74. The molecule has 0 fully saturated rings. The van der Waals surface area contributed by atoms with E-state index in [-0.39, 0.29) is 24.7 Å². The van der Waals surface area contributed by atoms with E-state index in [2.05, 4.69) is 23.6 Å². The lowest BCUT2D eigenvalue weighted by Crippen LogP contribution is -2.16. The van der Waals surface area contributed by atoms with E-state index in [4.69, 9.17) is 21.8 Å². The largest absolute Gasteiger partial charge is 0.481 e. The number of anilines is 1. The van der Waals surface area contributed by atoms with Gasteiger partial charge in [0.2, 0.25) is 0 Å². The number of carbonyl (C=O) groups is 2. The second-order valence-corrected chi connectivity index (χ2v) is 7.42. The van der Waals surface area contributed by atoms with E-state index in [0.717, 1.165) is 42.2 Å². The Morgan fingerprint density at radius 3 is 2.27 bits per heavy atom. The predicted octanol–water partition coefficient (Wildman–Crippen LogP) is 4.28. The number of halogens is 2. The van der Waals surface area contributed by atoms with Gasteiger partial charge in [-0.3, -0.25) is 9.59 Å². The van der Waals surface area contributed by atoms with Crippen molar-refractivity contribution in [2.45, 2.75) is 38.6 Å². The number of carboxylic acids is 2. The Morgan fingerprint density at radius 1 is 1.07 bits per heavy atom. The maximum absolute atomic E-state index is 13.1. The number of benzene rings is 2. The molecule has 0 amide bonds. The topological polar surface area (TPSA) is 98.7 Å². The van der Waals surface area contributed by atoms with Crippen LogP contribution in [0.1, 0.15) is 42.5 Å². The zero-order chi connectivity index (χ0) is 22.1. The van der Waals surface area contributed by atoms with Crippen LogP contribution in [0.2, 0.25) is 5.02 Å². The Labute approximate surface area is 180 Å². The summed E-state index contributed by atoms with van der Waals surface area (Å²) in [5.74, 6) is -2.37. The highest BCUT2D eigenvalue weighted by Crippen LogP contribution is 2.33. The minimum absolute atomic E-state index is 0.0702. The molecule has 0 aromatic heterocycles. The molecule has 0 radical (unpaired) electrons. The summed E-state index contributed by atoms with van der Waals surface area (Å²) in [6.45, 7) is 4.03. The molecular weight excluding hydrogens is 411 g/mol. The smallest absolute Gasteiger partial charge is 0.303 e. The predicted molar refractivity (Wildman–Crippen MR) is 115 cm³/mol. The van der Waals surface area contributed by atoms with Gasteiger partial charge in [-0.1, -0.05) is 29.8 Å². The summed E-state index contributed by atoms with van der Waals surface area (Å²) in [6.07, 6.45) is 1.39. The number of nitrogens with one attached hydrogen (secondary N) is 2. The van der Waals surface area contributed by atoms with Crippen molar-refractivity contribution in [3.63, 3.8) is 0 Å². The van der Waals surface area contributed by atoms with Crippen molar-refractivity contribution >= 4 is 29.2 Å². The molecule has 0 saturated heterocycles. The number of fused-ring (bicyclic) bond motifs is 1. The van der Waals surface area contributed by atoms with E-state index >= 15 is 0 Å². The van der Waals surface area contributed by atoms with Gasteiger partial charge in [-0.15, -0.1) is 0 Å². The van der Waals surface area contributed by atoms with Gasteiger partial charge < -0.3 is 20.8 Å². The van der Waals surface area contributed by atoms with Gasteiger partial charge in [0.25, 0.3) is 0 Å². The first-order chi connectivity index (χ1) is 14.3. The van der Waals surface area contributed by atoms with E-state index in [1.165, 1.54) is 23.3 Å². The molecule has 1 aliphatic heterocycles. The molecule has 8 heteroatoms. The van der Waals surface area contributed by atoms with Crippen molar-refractivity contribution in [1.29, 1.82) is 0 Å². The number of aliphatic carboxylic acids is 2. The SMILES string of the molecule is CC(Nc1c(Cl)ccc2c1CCNCC2)c1ccc(F)cc1.O=C(O)CCC(=O)O. The number of hydrogen-bond acceptors (Lipinski definition) is 4.